The predicted molar refractivity (Wildman–Crippen MR) is 110 cm³/mol. The molecule has 1 amide bonds. The van der Waals surface area contributed by atoms with Gasteiger partial charge in [0.1, 0.15) is 6.07 Å². The molecule has 0 bridgehead atoms. The minimum absolute atomic E-state index is 0.207. The lowest BCUT2D eigenvalue weighted by atomic mass is 9.86. The molecule has 4 heteroatoms. The number of hydrogen-bond donors (Lipinski definition) is 1. The van der Waals surface area contributed by atoms with E-state index >= 15 is 0 Å². The Morgan fingerprint density at radius 2 is 1.57 bits per heavy atom. The fourth-order valence-corrected chi connectivity index (χ4v) is 2.93. The van der Waals surface area contributed by atoms with Crippen molar-refractivity contribution in [1.29, 1.82) is 5.26 Å². The normalized spacial score (nSPS) is 12.1. The second kappa shape index (κ2) is 7.98. The fourth-order valence-electron chi connectivity index (χ4n) is 2.93. The van der Waals surface area contributed by atoms with Crippen LogP contribution in [-0.4, -0.2) is 5.91 Å². The molecule has 0 saturated heterocycles. The van der Waals surface area contributed by atoms with E-state index < -0.39 is 5.41 Å². The second-order valence-electron chi connectivity index (χ2n) is 7.49. The lowest BCUT2D eigenvalue weighted by Gasteiger charge is -2.25. The molecule has 0 aliphatic rings. The molecule has 2 aromatic carbocycles. The Balaban J connectivity index is 2.00. The Labute approximate surface area is 165 Å². The molecule has 1 aromatic heterocycles. The second-order valence-corrected chi connectivity index (χ2v) is 7.49. The highest BCUT2D eigenvalue weighted by Gasteiger charge is 2.25. The molecule has 140 valence electrons. The molecule has 0 radical (unpaired) electrons. The maximum atomic E-state index is 12.5. The number of carbonyl (C=O) groups excluding carboxylic acids is 1. The van der Waals surface area contributed by atoms with Crippen LogP contribution in [0.25, 0.3) is 16.7 Å². The molecule has 1 heterocycles. The fraction of sp³-hybridized carbons (Fsp3) is 0.167. The van der Waals surface area contributed by atoms with Crippen molar-refractivity contribution in [3.8, 4) is 17.2 Å². The third-order valence-corrected chi connectivity index (χ3v) is 4.38. The molecular weight excluding hydrogens is 348 g/mol. The van der Waals surface area contributed by atoms with Gasteiger partial charge in [-0.2, -0.15) is 5.26 Å². The monoisotopic (exact) mass is 370 g/mol. The number of nitrogens with one attached hydrogen (secondary N) is 1. The summed E-state index contributed by atoms with van der Waals surface area (Å²) in [5, 5.41) is 12.7. The number of carbonyl (C=O) groups is 1. The van der Waals surface area contributed by atoms with Gasteiger partial charge in [0.05, 0.1) is 11.8 Å². The zero-order valence-electron chi connectivity index (χ0n) is 16.2. The summed E-state index contributed by atoms with van der Waals surface area (Å²) in [7, 11) is 0. The number of nitriles is 1. The van der Waals surface area contributed by atoms with Gasteiger partial charge in [-0.3, -0.25) is 4.79 Å². The zero-order valence-corrected chi connectivity index (χ0v) is 16.2. The van der Waals surface area contributed by atoms with Crippen molar-refractivity contribution >= 4 is 11.5 Å². The van der Waals surface area contributed by atoms with E-state index in [1.807, 2.05) is 75.4 Å². The van der Waals surface area contributed by atoms with Gasteiger partial charge in [0.15, 0.2) is 5.76 Å². The van der Waals surface area contributed by atoms with E-state index in [1.165, 1.54) is 6.26 Å². The van der Waals surface area contributed by atoms with Crippen LogP contribution in [0.15, 0.2) is 83.1 Å². The molecule has 4 nitrogen and oxygen atoms in total. The van der Waals surface area contributed by atoms with Crippen LogP contribution >= 0.6 is 0 Å². The van der Waals surface area contributed by atoms with Crippen molar-refractivity contribution in [2.45, 2.75) is 20.8 Å². The highest BCUT2D eigenvalue weighted by atomic mass is 16.3. The third kappa shape index (κ3) is 4.21. The van der Waals surface area contributed by atoms with E-state index in [9.17, 15) is 10.1 Å². The SMILES string of the molecule is CC(C)(C)C(NC(=O)c1ccco1)=C(C#N)c1ccc(-c2ccccc2)cc1. The smallest absolute Gasteiger partial charge is 0.291 e. The first kappa shape index (κ1) is 19.2. The van der Waals surface area contributed by atoms with Crippen LogP contribution in [0.2, 0.25) is 0 Å². The van der Waals surface area contributed by atoms with E-state index in [-0.39, 0.29) is 11.7 Å². The van der Waals surface area contributed by atoms with Crippen LogP contribution in [0.4, 0.5) is 0 Å². The highest BCUT2D eigenvalue weighted by molar-refractivity contribution is 5.95. The largest absolute Gasteiger partial charge is 0.459 e. The van der Waals surface area contributed by atoms with E-state index in [2.05, 4.69) is 11.4 Å². The van der Waals surface area contributed by atoms with E-state index in [0.29, 0.717) is 11.3 Å². The van der Waals surface area contributed by atoms with E-state index in [0.717, 1.165) is 16.7 Å². The quantitative estimate of drug-likeness (QED) is 0.603. The van der Waals surface area contributed by atoms with Crippen molar-refractivity contribution < 1.29 is 9.21 Å². The highest BCUT2D eigenvalue weighted by Crippen LogP contribution is 2.31. The van der Waals surface area contributed by atoms with Gasteiger partial charge >= 0.3 is 0 Å². The van der Waals surface area contributed by atoms with Gasteiger partial charge in [-0.15, -0.1) is 0 Å². The molecule has 0 atom stereocenters. The Morgan fingerprint density at radius 3 is 2.11 bits per heavy atom. The summed E-state index contributed by atoms with van der Waals surface area (Å²) >= 11 is 0. The van der Waals surface area contributed by atoms with Crippen molar-refractivity contribution in [2.75, 3.05) is 0 Å². The van der Waals surface area contributed by atoms with Crippen LogP contribution in [0.1, 0.15) is 36.9 Å². The number of allylic oxidation sites excluding steroid dienone is 2. The Kier molecular flexibility index (Phi) is 5.47. The standard InChI is InChI=1S/C24H22N2O2/c1-24(2,3)22(26-23(27)21-10-7-15-28-21)20(16-25)19-13-11-18(12-14-19)17-8-5-4-6-9-17/h4-15H,1-3H3,(H,26,27). The van der Waals surface area contributed by atoms with E-state index in [4.69, 9.17) is 4.42 Å². The molecular formula is C24H22N2O2. The zero-order chi connectivity index (χ0) is 20.1. The van der Waals surface area contributed by atoms with Crippen LogP contribution in [-0.2, 0) is 0 Å². The minimum Gasteiger partial charge on any atom is -0.459 e. The lowest BCUT2D eigenvalue weighted by Crippen LogP contribution is -2.31. The van der Waals surface area contributed by atoms with Gasteiger partial charge in [-0.25, -0.2) is 0 Å². The molecule has 0 spiro atoms. The summed E-state index contributed by atoms with van der Waals surface area (Å²) in [5.74, 6) is -0.165. The van der Waals surface area contributed by atoms with E-state index in [1.54, 1.807) is 12.1 Å². The van der Waals surface area contributed by atoms with Crippen molar-refractivity contribution in [1.82, 2.24) is 5.32 Å². The molecule has 0 fully saturated rings. The molecule has 0 saturated carbocycles. The predicted octanol–water partition coefficient (Wildman–Crippen LogP) is 5.66. The molecule has 3 aromatic rings. The number of hydrogen-bond acceptors (Lipinski definition) is 3. The maximum Gasteiger partial charge on any atom is 0.291 e. The summed E-state index contributed by atoms with van der Waals surface area (Å²) in [6.07, 6.45) is 1.45. The van der Waals surface area contributed by atoms with Crippen molar-refractivity contribution in [2.24, 2.45) is 5.41 Å². The Hall–Kier alpha value is -3.58. The number of furan rings is 1. The molecule has 28 heavy (non-hydrogen) atoms. The van der Waals surface area contributed by atoms with Crippen LogP contribution < -0.4 is 5.32 Å². The van der Waals surface area contributed by atoms with Gasteiger partial charge in [0, 0.05) is 11.1 Å². The van der Waals surface area contributed by atoms with Crippen LogP contribution in [0, 0.1) is 16.7 Å². The summed E-state index contributed by atoms with van der Waals surface area (Å²) in [5.41, 5.74) is 3.49. The summed E-state index contributed by atoms with van der Waals surface area (Å²) in [6, 6.07) is 23.3. The first-order valence-corrected chi connectivity index (χ1v) is 9.05. The summed E-state index contributed by atoms with van der Waals surface area (Å²) in [6.45, 7) is 5.88. The summed E-state index contributed by atoms with van der Waals surface area (Å²) < 4.78 is 5.18. The first-order chi connectivity index (χ1) is 13.4. The third-order valence-electron chi connectivity index (χ3n) is 4.38. The topological polar surface area (TPSA) is 66.0 Å². The summed E-state index contributed by atoms with van der Waals surface area (Å²) in [4.78, 5) is 12.5. The average Bonchev–Trinajstić information content (AvgIpc) is 3.23. The van der Waals surface area contributed by atoms with Gasteiger partial charge in [0.2, 0.25) is 0 Å². The number of amides is 1. The molecule has 0 unspecified atom stereocenters. The number of rotatable bonds is 4. The number of benzene rings is 2. The minimum atomic E-state index is -0.439. The first-order valence-electron chi connectivity index (χ1n) is 9.05. The van der Waals surface area contributed by atoms with Crippen LogP contribution in [0.5, 0.6) is 0 Å². The van der Waals surface area contributed by atoms with Gasteiger partial charge in [-0.05, 0) is 28.8 Å². The molecule has 0 aliphatic carbocycles. The molecule has 0 aliphatic heterocycles. The number of nitrogens with zero attached hydrogens (tertiary/aromatic N) is 1. The van der Waals surface area contributed by atoms with Crippen molar-refractivity contribution in [3.05, 3.63) is 90.0 Å². The Bertz CT molecular complexity index is 1020. The lowest BCUT2D eigenvalue weighted by molar-refractivity contribution is 0.0930. The van der Waals surface area contributed by atoms with Gasteiger partial charge in [0.25, 0.3) is 5.91 Å². The maximum absolute atomic E-state index is 12.5. The van der Waals surface area contributed by atoms with Gasteiger partial charge in [-0.1, -0.05) is 75.4 Å². The molecule has 3 rings (SSSR count). The van der Waals surface area contributed by atoms with Gasteiger partial charge < -0.3 is 9.73 Å². The van der Waals surface area contributed by atoms with Crippen LogP contribution in [0.3, 0.4) is 0 Å². The van der Waals surface area contributed by atoms with Crippen molar-refractivity contribution in [3.63, 3.8) is 0 Å². The Morgan fingerprint density at radius 1 is 0.929 bits per heavy atom. The average molecular weight is 370 g/mol. The molecule has 1 N–H and O–H groups in total.